The third-order valence-electron chi connectivity index (χ3n) is 5.43. The number of rotatable bonds is 11. The molecule has 0 heterocycles. The first-order chi connectivity index (χ1) is 17.1. The minimum atomic E-state index is -4.02. The number of carbonyl (C=O) groups excluding carboxylic acids is 1. The second kappa shape index (κ2) is 11.9. The Bertz CT molecular complexity index is 1250. The molecule has 1 amide bonds. The maximum Gasteiger partial charge on any atom is 0.264 e. The normalized spacial score (nSPS) is 11.6. The maximum absolute atomic E-state index is 13.5. The molecule has 0 unspecified atom stereocenters. The first-order valence-electron chi connectivity index (χ1n) is 11.9. The van der Waals surface area contributed by atoms with Gasteiger partial charge >= 0.3 is 0 Å². The Balaban J connectivity index is 1.74. The number of nitrogens with one attached hydrogen (secondary N) is 1. The quantitative estimate of drug-likeness (QED) is 0.376. The fraction of sp³-hybridized carbons (Fsp3) is 0.321. The molecule has 0 saturated heterocycles. The van der Waals surface area contributed by atoms with Gasteiger partial charge < -0.3 is 14.8 Å². The number of carbonyl (C=O) groups is 1. The van der Waals surface area contributed by atoms with Crippen LogP contribution in [0, 0.1) is 0 Å². The molecule has 0 aliphatic rings. The highest BCUT2D eigenvalue weighted by atomic mass is 32.2. The van der Waals surface area contributed by atoms with Gasteiger partial charge in [-0.05, 0) is 48.2 Å². The molecular formula is C28H34N2O5S. The van der Waals surface area contributed by atoms with Crippen molar-refractivity contribution in [2.75, 3.05) is 30.6 Å². The molecule has 0 radical (unpaired) electrons. The van der Waals surface area contributed by atoms with E-state index in [1.807, 2.05) is 31.2 Å². The lowest BCUT2D eigenvalue weighted by Gasteiger charge is -2.26. The molecule has 0 spiro atoms. The molecule has 0 aliphatic carbocycles. The van der Waals surface area contributed by atoms with Gasteiger partial charge in [0.05, 0.1) is 23.7 Å². The lowest BCUT2D eigenvalue weighted by Crippen LogP contribution is -2.42. The van der Waals surface area contributed by atoms with Crippen LogP contribution in [0.3, 0.4) is 0 Å². The molecule has 1 N–H and O–H groups in total. The van der Waals surface area contributed by atoms with Crippen LogP contribution >= 0.6 is 0 Å². The summed E-state index contributed by atoms with van der Waals surface area (Å²) in [5.74, 6) is 0.695. The SMILES string of the molecule is CCOc1ccccc1N(CC(=O)NCCOc1ccccc1C(C)(C)C)S(=O)(=O)c1ccccc1. The Labute approximate surface area is 214 Å². The van der Waals surface area contributed by atoms with Crippen molar-refractivity contribution in [2.45, 2.75) is 38.0 Å². The summed E-state index contributed by atoms with van der Waals surface area (Å²) < 4.78 is 39.7. The van der Waals surface area contributed by atoms with Crippen LogP contribution in [0.25, 0.3) is 0 Å². The van der Waals surface area contributed by atoms with Gasteiger partial charge in [-0.1, -0.05) is 69.3 Å². The van der Waals surface area contributed by atoms with Gasteiger partial charge in [0, 0.05) is 0 Å². The summed E-state index contributed by atoms with van der Waals surface area (Å²) in [7, 11) is -4.02. The molecule has 192 valence electrons. The van der Waals surface area contributed by atoms with Gasteiger partial charge in [-0.3, -0.25) is 9.10 Å². The van der Waals surface area contributed by atoms with Gasteiger partial charge in [-0.15, -0.1) is 0 Å². The summed E-state index contributed by atoms with van der Waals surface area (Å²) in [6, 6.07) is 22.6. The van der Waals surface area contributed by atoms with Crippen molar-refractivity contribution in [3.05, 3.63) is 84.4 Å². The number of ether oxygens (including phenoxy) is 2. The Morgan fingerprint density at radius 3 is 2.14 bits per heavy atom. The van der Waals surface area contributed by atoms with Crippen LogP contribution in [0.4, 0.5) is 5.69 Å². The summed E-state index contributed by atoms with van der Waals surface area (Å²) >= 11 is 0. The number of hydrogen-bond acceptors (Lipinski definition) is 5. The van der Waals surface area contributed by atoms with Gasteiger partial charge in [-0.25, -0.2) is 8.42 Å². The molecule has 0 saturated carbocycles. The Hall–Kier alpha value is -3.52. The van der Waals surface area contributed by atoms with Crippen LogP contribution in [0.1, 0.15) is 33.3 Å². The van der Waals surface area contributed by atoms with Crippen molar-refractivity contribution in [1.82, 2.24) is 5.32 Å². The van der Waals surface area contributed by atoms with E-state index in [1.54, 1.807) is 42.5 Å². The third kappa shape index (κ3) is 6.79. The van der Waals surface area contributed by atoms with Crippen molar-refractivity contribution in [3.63, 3.8) is 0 Å². The topological polar surface area (TPSA) is 84.9 Å². The molecule has 0 bridgehead atoms. The molecule has 0 aromatic heterocycles. The first kappa shape index (κ1) is 27.1. The Morgan fingerprint density at radius 2 is 1.47 bits per heavy atom. The molecule has 7 nitrogen and oxygen atoms in total. The van der Waals surface area contributed by atoms with E-state index in [9.17, 15) is 13.2 Å². The van der Waals surface area contributed by atoms with E-state index >= 15 is 0 Å². The molecule has 3 aromatic carbocycles. The van der Waals surface area contributed by atoms with Gasteiger partial charge in [0.2, 0.25) is 5.91 Å². The van der Waals surface area contributed by atoms with Crippen LogP contribution in [0.5, 0.6) is 11.5 Å². The van der Waals surface area contributed by atoms with Gasteiger partial charge in [-0.2, -0.15) is 0 Å². The number of benzene rings is 3. The Kier molecular flexibility index (Phi) is 8.98. The highest BCUT2D eigenvalue weighted by molar-refractivity contribution is 7.92. The molecular weight excluding hydrogens is 476 g/mol. The minimum absolute atomic E-state index is 0.0832. The van der Waals surface area contributed by atoms with E-state index in [0.29, 0.717) is 18.0 Å². The molecule has 8 heteroatoms. The van der Waals surface area contributed by atoms with Crippen molar-refractivity contribution >= 4 is 21.6 Å². The third-order valence-corrected chi connectivity index (χ3v) is 7.20. The zero-order valence-electron chi connectivity index (χ0n) is 21.2. The monoisotopic (exact) mass is 510 g/mol. The zero-order valence-corrected chi connectivity index (χ0v) is 22.0. The van der Waals surface area contributed by atoms with Gasteiger partial charge in [0.1, 0.15) is 24.7 Å². The molecule has 0 aliphatic heterocycles. The second-order valence-electron chi connectivity index (χ2n) is 9.17. The van der Waals surface area contributed by atoms with E-state index in [4.69, 9.17) is 9.47 Å². The number of para-hydroxylation sites is 3. The van der Waals surface area contributed by atoms with Crippen molar-refractivity contribution in [1.29, 1.82) is 0 Å². The largest absolute Gasteiger partial charge is 0.492 e. The van der Waals surface area contributed by atoms with Crippen LogP contribution in [0.15, 0.2) is 83.8 Å². The van der Waals surface area contributed by atoms with E-state index in [2.05, 4.69) is 26.1 Å². The zero-order chi connectivity index (χ0) is 26.2. The van der Waals surface area contributed by atoms with E-state index in [1.165, 1.54) is 12.1 Å². The number of hydrogen-bond donors (Lipinski definition) is 1. The average molecular weight is 511 g/mol. The molecule has 0 atom stereocenters. The average Bonchev–Trinajstić information content (AvgIpc) is 2.86. The highest BCUT2D eigenvalue weighted by Gasteiger charge is 2.29. The van der Waals surface area contributed by atoms with Crippen molar-refractivity contribution in [2.24, 2.45) is 0 Å². The number of amides is 1. The lowest BCUT2D eigenvalue weighted by atomic mass is 9.86. The minimum Gasteiger partial charge on any atom is -0.492 e. The van der Waals surface area contributed by atoms with Gasteiger partial charge in [0.15, 0.2) is 0 Å². The van der Waals surface area contributed by atoms with Crippen LogP contribution in [-0.2, 0) is 20.2 Å². The molecule has 3 aromatic rings. The smallest absolute Gasteiger partial charge is 0.264 e. The molecule has 3 rings (SSSR count). The standard InChI is InChI=1S/C28H34N2O5S/c1-5-34-26-18-12-10-16-24(26)30(36(32,33)22-13-7-6-8-14-22)21-27(31)29-19-20-35-25-17-11-9-15-23(25)28(2,3)4/h6-18H,5,19-21H2,1-4H3,(H,29,31). The van der Waals surface area contributed by atoms with Gasteiger partial charge in [0.25, 0.3) is 10.0 Å². The number of nitrogens with zero attached hydrogens (tertiary/aromatic N) is 1. The highest BCUT2D eigenvalue weighted by Crippen LogP contribution is 2.33. The summed E-state index contributed by atoms with van der Waals surface area (Å²) in [5.41, 5.74) is 1.29. The summed E-state index contributed by atoms with van der Waals surface area (Å²) in [6.45, 7) is 8.58. The number of anilines is 1. The van der Waals surface area contributed by atoms with Crippen LogP contribution in [-0.4, -0.2) is 40.6 Å². The lowest BCUT2D eigenvalue weighted by molar-refractivity contribution is -0.119. The van der Waals surface area contributed by atoms with Crippen LogP contribution < -0.4 is 19.1 Å². The summed E-state index contributed by atoms with van der Waals surface area (Å²) in [4.78, 5) is 13.0. The van der Waals surface area contributed by atoms with Crippen molar-refractivity contribution < 1.29 is 22.7 Å². The molecule has 36 heavy (non-hydrogen) atoms. The van der Waals surface area contributed by atoms with Crippen molar-refractivity contribution in [3.8, 4) is 11.5 Å². The van der Waals surface area contributed by atoms with E-state index in [-0.39, 0.29) is 23.5 Å². The van der Waals surface area contributed by atoms with E-state index in [0.717, 1.165) is 15.6 Å². The second-order valence-corrected chi connectivity index (χ2v) is 11.0. The molecule has 0 fully saturated rings. The predicted molar refractivity (Wildman–Crippen MR) is 142 cm³/mol. The van der Waals surface area contributed by atoms with E-state index < -0.39 is 22.5 Å². The van der Waals surface area contributed by atoms with Crippen LogP contribution in [0.2, 0.25) is 0 Å². The first-order valence-corrected chi connectivity index (χ1v) is 13.4. The predicted octanol–water partition coefficient (Wildman–Crippen LogP) is 4.77. The Morgan fingerprint density at radius 1 is 0.861 bits per heavy atom. The maximum atomic E-state index is 13.5. The fourth-order valence-electron chi connectivity index (χ4n) is 3.71. The summed E-state index contributed by atoms with van der Waals surface area (Å²) in [6.07, 6.45) is 0. The number of sulfonamides is 1. The summed E-state index contributed by atoms with van der Waals surface area (Å²) in [5, 5.41) is 2.78. The fourth-order valence-corrected chi connectivity index (χ4v) is 5.16.